The van der Waals surface area contributed by atoms with E-state index in [2.05, 4.69) is 14.9 Å². The molecule has 4 rings (SSSR count). The Balaban J connectivity index is 1.96. The lowest BCUT2D eigenvalue weighted by atomic mass is 10.1. The Hall–Kier alpha value is -3.92. The first-order valence-electron chi connectivity index (χ1n) is 8.81. The summed E-state index contributed by atoms with van der Waals surface area (Å²) in [5, 5.41) is 4.85. The van der Waals surface area contributed by atoms with Gasteiger partial charge >= 0.3 is 0 Å². The predicted molar refractivity (Wildman–Crippen MR) is 101 cm³/mol. The van der Waals surface area contributed by atoms with Crippen molar-refractivity contribution < 1.29 is 10.2 Å². The number of halogens is 2. The molecule has 7 heteroatoms. The smallest absolute Gasteiger partial charge is 0.267 e. The van der Waals surface area contributed by atoms with Crippen LogP contribution in [0.3, 0.4) is 0 Å². The van der Waals surface area contributed by atoms with Crippen LogP contribution >= 0.6 is 0 Å². The van der Waals surface area contributed by atoms with Crippen molar-refractivity contribution >= 4 is 16.5 Å². The maximum atomic E-state index is 14.4. The van der Waals surface area contributed by atoms with E-state index in [4.69, 9.17) is 7.94 Å². The van der Waals surface area contributed by atoms with E-state index in [-0.39, 0.29) is 16.6 Å². The summed E-state index contributed by atoms with van der Waals surface area (Å²) >= 11 is 0. The van der Waals surface area contributed by atoms with Gasteiger partial charge in [0.2, 0.25) is 11.9 Å². The molecule has 1 unspecified atom stereocenters. The van der Waals surface area contributed by atoms with Gasteiger partial charge in [0.05, 0.1) is 25.4 Å². The van der Waals surface area contributed by atoms with Gasteiger partial charge in [0, 0.05) is 5.39 Å². The fourth-order valence-electron chi connectivity index (χ4n) is 2.86. The normalized spacial score (nSPS) is 12.4. The third-order valence-corrected chi connectivity index (χ3v) is 4.19. The van der Waals surface area contributed by atoms with E-state index in [0.29, 0.717) is 16.6 Å². The summed E-state index contributed by atoms with van der Waals surface area (Å²) in [5.41, 5.74) is 0.326. The number of benzene rings is 2. The van der Waals surface area contributed by atoms with Crippen molar-refractivity contribution in [2.24, 2.45) is 0 Å². The van der Waals surface area contributed by atoms with E-state index in [0.717, 1.165) is 10.7 Å². The minimum Gasteiger partial charge on any atom is -0.267 e. The molecule has 0 bridgehead atoms. The van der Waals surface area contributed by atoms with Crippen molar-refractivity contribution in [3.63, 3.8) is 0 Å². The van der Waals surface area contributed by atoms with Crippen LogP contribution in [0.4, 0.5) is 14.5 Å². The summed E-state index contributed by atoms with van der Waals surface area (Å²) in [6.45, 7) is 5.79. The van der Waals surface area contributed by atoms with Gasteiger partial charge in [0.25, 0.3) is 5.56 Å². The molecule has 4 aromatic rings. The van der Waals surface area contributed by atoms with E-state index >= 15 is 0 Å². The number of hydrogen-bond acceptors (Lipinski definition) is 3. The highest BCUT2D eigenvalue weighted by atomic mass is 19.1. The Morgan fingerprint density at radius 3 is 2.43 bits per heavy atom. The van der Waals surface area contributed by atoms with E-state index < -0.39 is 24.0 Å². The fraction of sp³-hybridized carbons (Fsp3) is 0.0476. The van der Waals surface area contributed by atoms with Crippen LogP contribution in [0.1, 0.15) is 6.93 Å². The minimum absolute atomic E-state index is 0.0769. The minimum atomic E-state index is -1.22. The molecule has 0 spiro atoms. The third kappa shape index (κ3) is 3.12. The van der Waals surface area contributed by atoms with Gasteiger partial charge in [-0.3, -0.25) is 4.79 Å². The summed E-state index contributed by atoms with van der Waals surface area (Å²) in [6, 6.07) is 14.9. The van der Waals surface area contributed by atoms with Crippen LogP contribution < -0.4 is 5.56 Å². The predicted octanol–water partition coefficient (Wildman–Crippen LogP) is 4.34. The molecule has 0 radical (unpaired) electrons. The lowest BCUT2D eigenvalue weighted by Crippen LogP contribution is -2.24. The van der Waals surface area contributed by atoms with Crippen molar-refractivity contribution in [1.29, 1.82) is 0 Å². The summed E-state index contributed by atoms with van der Waals surface area (Å²) in [4.78, 5) is 19.4. The maximum absolute atomic E-state index is 14.4. The van der Waals surface area contributed by atoms with Crippen molar-refractivity contribution in [1.82, 2.24) is 14.8 Å². The molecular weight excluding hydrogens is 362 g/mol. The highest BCUT2D eigenvalue weighted by Gasteiger charge is 2.16. The molecule has 1 atom stereocenters. The molecule has 0 aliphatic rings. The maximum Gasteiger partial charge on any atom is 0.274 e. The van der Waals surface area contributed by atoms with E-state index in [1.165, 1.54) is 6.07 Å². The number of hydrogen-bond donors (Lipinski definition) is 0. The molecule has 0 N–H and O–H groups in total. The summed E-state index contributed by atoms with van der Waals surface area (Å²) in [5.74, 6) is -2.03. The van der Waals surface area contributed by atoms with Gasteiger partial charge in [-0.05, 0) is 23.8 Å². The average molecular weight is 375 g/mol. The van der Waals surface area contributed by atoms with Crippen LogP contribution in [0.25, 0.3) is 26.9 Å². The van der Waals surface area contributed by atoms with Gasteiger partial charge in [-0.2, -0.15) is 18.9 Å². The van der Waals surface area contributed by atoms with Gasteiger partial charge in [-0.15, -0.1) is 0 Å². The quantitative estimate of drug-likeness (QED) is 0.395. The molecule has 5 nitrogen and oxygen atoms in total. The van der Waals surface area contributed by atoms with E-state index in [1.54, 1.807) is 48.5 Å². The van der Waals surface area contributed by atoms with Gasteiger partial charge in [0.1, 0.15) is 5.69 Å². The Labute approximate surface area is 159 Å². The second-order valence-corrected chi connectivity index (χ2v) is 5.95. The molecule has 2 aromatic heterocycles. The first-order chi connectivity index (χ1) is 14.0. The number of fused-ring (bicyclic) bond motifs is 1. The van der Waals surface area contributed by atoms with Crippen molar-refractivity contribution in [3.8, 4) is 11.3 Å². The van der Waals surface area contributed by atoms with Crippen LogP contribution in [-0.2, 0) is 6.52 Å². The zero-order valence-electron chi connectivity index (χ0n) is 15.3. The molecule has 0 amide bonds. The standard InChI is InChI=1S/C21H12F2N4O/c1-24-14-8-6-13(7-9-14)12-27-21(28)16-5-3-2-4-15(16)19(26-27)17-10-11-18(22)25-20(17)23/h2-11H,12H2/i12D. The molecule has 136 valence electrons. The fourth-order valence-corrected chi connectivity index (χ4v) is 2.86. The monoisotopic (exact) mass is 375 g/mol. The van der Waals surface area contributed by atoms with Gasteiger partial charge in [-0.25, -0.2) is 9.53 Å². The Morgan fingerprint density at radius 1 is 1.04 bits per heavy atom. The number of rotatable bonds is 3. The Kier molecular flexibility index (Phi) is 4.07. The van der Waals surface area contributed by atoms with Gasteiger partial charge in [0.15, 0.2) is 5.69 Å². The SMILES string of the molecule is [2H]C(c1ccc([N+]#[C-])cc1)n1nc(-c2ccc(F)nc2F)c2ccccc2c1=O. The second kappa shape index (κ2) is 7.00. The largest absolute Gasteiger partial charge is 0.274 e. The second-order valence-electron chi connectivity index (χ2n) is 5.95. The van der Waals surface area contributed by atoms with Crippen molar-refractivity contribution in [2.75, 3.05) is 0 Å². The molecule has 2 heterocycles. The van der Waals surface area contributed by atoms with Crippen molar-refractivity contribution in [3.05, 3.63) is 99.9 Å². The van der Waals surface area contributed by atoms with Crippen LogP contribution in [0.2, 0.25) is 0 Å². The molecule has 0 saturated carbocycles. The summed E-state index contributed by atoms with van der Waals surface area (Å²) < 4.78 is 37.0. The Bertz CT molecular complexity index is 1330. The first-order valence-corrected chi connectivity index (χ1v) is 8.23. The van der Waals surface area contributed by atoms with Crippen LogP contribution in [0.5, 0.6) is 0 Å². The molecule has 2 aromatic carbocycles. The number of aromatic nitrogens is 3. The molecule has 0 aliphatic heterocycles. The zero-order chi connectivity index (χ0) is 20.5. The van der Waals surface area contributed by atoms with Gasteiger partial charge < -0.3 is 0 Å². The molecule has 0 aliphatic carbocycles. The lowest BCUT2D eigenvalue weighted by Gasteiger charge is -2.12. The molecule has 0 fully saturated rings. The molecule has 28 heavy (non-hydrogen) atoms. The number of pyridine rings is 1. The van der Waals surface area contributed by atoms with Crippen LogP contribution in [0.15, 0.2) is 65.5 Å². The van der Waals surface area contributed by atoms with Crippen LogP contribution in [-0.4, -0.2) is 14.8 Å². The average Bonchev–Trinajstić information content (AvgIpc) is 2.74. The topological polar surface area (TPSA) is 52.1 Å². The van der Waals surface area contributed by atoms with Gasteiger partial charge in [-0.1, -0.05) is 42.5 Å². The van der Waals surface area contributed by atoms with E-state index in [9.17, 15) is 13.6 Å². The highest BCUT2D eigenvalue weighted by molar-refractivity contribution is 5.93. The molecular formula is C21H12F2N4O. The highest BCUT2D eigenvalue weighted by Crippen LogP contribution is 2.26. The number of nitrogens with zero attached hydrogens (tertiary/aromatic N) is 4. The van der Waals surface area contributed by atoms with Crippen LogP contribution in [0, 0.1) is 18.5 Å². The van der Waals surface area contributed by atoms with E-state index in [1.807, 2.05) is 0 Å². The van der Waals surface area contributed by atoms with Crippen molar-refractivity contribution in [2.45, 2.75) is 6.52 Å². The summed E-state index contributed by atoms with van der Waals surface area (Å²) in [7, 11) is 0. The third-order valence-electron chi connectivity index (χ3n) is 4.19. The summed E-state index contributed by atoms with van der Waals surface area (Å²) in [6.07, 6.45) is 0. The molecule has 0 saturated heterocycles. The zero-order valence-corrected chi connectivity index (χ0v) is 14.3. The Morgan fingerprint density at radius 2 is 1.75 bits per heavy atom. The lowest BCUT2D eigenvalue weighted by molar-refractivity contribution is 0.514. The first kappa shape index (κ1) is 16.3.